The molecule has 1 aromatic heterocycles. The quantitative estimate of drug-likeness (QED) is 0.520. The number of ether oxygens (including phenoxy) is 1. The fraction of sp³-hybridized carbons (Fsp3) is 0.222. The van der Waals surface area contributed by atoms with E-state index in [1.165, 1.54) is 11.8 Å². The summed E-state index contributed by atoms with van der Waals surface area (Å²) in [4.78, 5) is 16.9. The molecule has 0 saturated heterocycles. The van der Waals surface area contributed by atoms with Gasteiger partial charge in [-0.15, -0.1) is 0 Å². The van der Waals surface area contributed by atoms with Crippen molar-refractivity contribution in [2.75, 3.05) is 24.8 Å². The summed E-state index contributed by atoms with van der Waals surface area (Å²) in [7, 11) is 1.66. The highest BCUT2D eigenvalue weighted by Crippen LogP contribution is 2.26. The van der Waals surface area contributed by atoms with Gasteiger partial charge >= 0.3 is 0 Å². The molecule has 0 radical (unpaired) electrons. The maximum absolute atomic E-state index is 12.2. The molecule has 0 unspecified atom stereocenters. The molecule has 0 aliphatic carbocycles. The number of hydrogen-bond donors (Lipinski definition) is 1. The Morgan fingerprint density at radius 1 is 1.31 bits per heavy atom. The van der Waals surface area contributed by atoms with E-state index in [0.29, 0.717) is 18.2 Å². The number of rotatable bonds is 7. The van der Waals surface area contributed by atoms with Crippen LogP contribution in [0.1, 0.15) is 0 Å². The zero-order chi connectivity index (χ0) is 18.5. The van der Waals surface area contributed by atoms with Gasteiger partial charge in [0.15, 0.2) is 5.16 Å². The number of thioether (sulfide) groups is 1. The topological polar surface area (TPSA) is 56.1 Å². The van der Waals surface area contributed by atoms with E-state index in [1.54, 1.807) is 7.11 Å². The predicted octanol–water partition coefficient (Wildman–Crippen LogP) is 4.83. The minimum Gasteiger partial charge on any atom is -0.383 e. The summed E-state index contributed by atoms with van der Waals surface area (Å²) in [5.74, 6) is 0.181. The molecule has 0 saturated carbocycles. The van der Waals surface area contributed by atoms with Crippen LogP contribution in [-0.2, 0) is 16.1 Å². The number of hydrogen-bond acceptors (Lipinski definition) is 4. The first-order valence-electron chi connectivity index (χ1n) is 7.90. The average molecular weight is 455 g/mol. The zero-order valence-electron chi connectivity index (χ0n) is 14.0. The first-order valence-corrected chi connectivity index (χ1v) is 10.1. The van der Waals surface area contributed by atoms with Crippen LogP contribution < -0.4 is 5.32 Å². The van der Waals surface area contributed by atoms with Crippen molar-refractivity contribution in [3.05, 3.63) is 52.0 Å². The molecule has 0 aliphatic rings. The number of imidazole rings is 1. The van der Waals surface area contributed by atoms with E-state index in [1.807, 2.05) is 47.0 Å². The van der Waals surface area contributed by atoms with Gasteiger partial charge in [-0.2, -0.15) is 0 Å². The summed E-state index contributed by atoms with van der Waals surface area (Å²) in [6, 6.07) is 13.1. The lowest BCUT2D eigenvalue weighted by molar-refractivity contribution is -0.113. The van der Waals surface area contributed by atoms with Gasteiger partial charge in [0.2, 0.25) is 5.91 Å². The van der Waals surface area contributed by atoms with Gasteiger partial charge < -0.3 is 14.6 Å². The maximum atomic E-state index is 12.2. The first kappa shape index (κ1) is 19.2. The Balaban J connectivity index is 1.72. The van der Waals surface area contributed by atoms with E-state index in [4.69, 9.17) is 16.3 Å². The number of nitrogens with zero attached hydrogens (tertiary/aromatic N) is 2. The second-order valence-corrected chi connectivity index (χ2v) is 7.81. The van der Waals surface area contributed by atoms with Crippen LogP contribution >= 0.6 is 39.3 Å². The van der Waals surface area contributed by atoms with Crippen molar-refractivity contribution >= 4 is 61.9 Å². The van der Waals surface area contributed by atoms with Gasteiger partial charge in [-0.1, -0.05) is 39.3 Å². The van der Waals surface area contributed by atoms with E-state index in [2.05, 4.69) is 26.2 Å². The second kappa shape index (κ2) is 8.90. The molecule has 3 aromatic rings. The van der Waals surface area contributed by atoms with Gasteiger partial charge in [0, 0.05) is 28.8 Å². The van der Waals surface area contributed by atoms with Gasteiger partial charge in [0.05, 0.1) is 23.4 Å². The third-order valence-electron chi connectivity index (χ3n) is 3.65. The summed E-state index contributed by atoms with van der Waals surface area (Å²) in [6.07, 6.45) is 0. The molecule has 1 amide bonds. The number of nitrogens with one attached hydrogen (secondary N) is 1. The molecular weight excluding hydrogens is 438 g/mol. The molecular formula is C18H17BrClN3O2S. The van der Waals surface area contributed by atoms with Crippen molar-refractivity contribution in [1.29, 1.82) is 0 Å². The van der Waals surface area contributed by atoms with Crippen molar-refractivity contribution in [2.45, 2.75) is 11.7 Å². The summed E-state index contributed by atoms with van der Waals surface area (Å²) < 4.78 is 8.21. The average Bonchev–Trinajstić information content (AvgIpc) is 2.96. The van der Waals surface area contributed by atoms with Crippen LogP contribution in [0, 0.1) is 0 Å². The Morgan fingerprint density at radius 3 is 2.81 bits per heavy atom. The number of anilines is 1. The summed E-state index contributed by atoms with van der Waals surface area (Å²) in [6.45, 7) is 1.22. The highest BCUT2D eigenvalue weighted by Gasteiger charge is 2.13. The SMILES string of the molecule is COCCn1c(SCC(=O)Nc2ccc(Br)cc2)nc2cc(Cl)ccc21. The number of aromatic nitrogens is 2. The van der Waals surface area contributed by atoms with Crippen molar-refractivity contribution in [2.24, 2.45) is 0 Å². The number of benzene rings is 2. The Bertz CT molecular complexity index is 915. The number of methoxy groups -OCH3 is 1. The van der Waals surface area contributed by atoms with E-state index in [9.17, 15) is 4.79 Å². The molecule has 0 aliphatic heterocycles. The van der Waals surface area contributed by atoms with E-state index in [-0.39, 0.29) is 11.7 Å². The molecule has 0 bridgehead atoms. The summed E-state index contributed by atoms with van der Waals surface area (Å²) in [5.41, 5.74) is 2.55. The van der Waals surface area contributed by atoms with Crippen molar-refractivity contribution in [1.82, 2.24) is 9.55 Å². The minimum atomic E-state index is -0.0827. The number of amides is 1. The van der Waals surface area contributed by atoms with Gasteiger partial charge in [-0.3, -0.25) is 4.79 Å². The Hall–Kier alpha value is -1.54. The highest BCUT2D eigenvalue weighted by molar-refractivity contribution is 9.10. The summed E-state index contributed by atoms with van der Waals surface area (Å²) in [5, 5.41) is 4.29. The number of fused-ring (bicyclic) bond motifs is 1. The standard InChI is InChI=1S/C18H17BrClN3O2S/c1-25-9-8-23-16-7-4-13(20)10-15(16)22-18(23)26-11-17(24)21-14-5-2-12(19)3-6-14/h2-7,10H,8-9,11H2,1H3,(H,21,24). The molecule has 1 N–H and O–H groups in total. The maximum Gasteiger partial charge on any atom is 0.234 e. The Kier molecular flexibility index (Phi) is 6.58. The van der Waals surface area contributed by atoms with Crippen LogP contribution in [0.4, 0.5) is 5.69 Å². The van der Waals surface area contributed by atoms with Crippen LogP contribution in [0.2, 0.25) is 5.02 Å². The smallest absolute Gasteiger partial charge is 0.234 e. The monoisotopic (exact) mass is 453 g/mol. The van der Waals surface area contributed by atoms with Gasteiger partial charge in [0.1, 0.15) is 0 Å². The highest BCUT2D eigenvalue weighted by atomic mass is 79.9. The molecule has 5 nitrogen and oxygen atoms in total. The van der Waals surface area contributed by atoms with E-state index < -0.39 is 0 Å². The third-order valence-corrected chi connectivity index (χ3v) is 5.39. The number of carbonyl (C=O) groups excluding carboxylic acids is 1. The molecule has 2 aromatic carbocycles. The molecule has 136 valence electrons. The number of halogens is 2. The fourth-order valence-corrected chi connectivity index (χ4v) is 3.72. The van der Waals surface area contributed by atoms with Crippen LogP contribution in [-0.4, -0.2) is 34.9 Å². The lowest BCUT2D eigenvalue weighted by Crippen LogP contribution is -2.15. The van der Waals surface area contributed by atoms with Crippen molar-refractivity contribution in [3.8, 4) is 0 Å². The summed E-state index contributed by atoms with van der Waals surface area (Å²) >= 11 is 10.8. The van der Waals surface area contributed by atoms with Crippen molar-refractivity contribution < 1.29 is 9.53 Å². The first-order chi connectivity index (χ1) is 12.6. The van der Waals surface area contributed by atoms with Gasteiger partial charge in [-0.25, -0.2) is 4.98 Å². The molecule has 26 heavy (non-hydrogen) atoms. The van der Waals surface area contributed by atoms with E-state index >= 15 is 0 Å². The van der Waals surface area contributed by atoms with Gasteiger partial charge in [-0.05, 0) is 42.5 Å². The van der Waals surface area contributed by atoms with Crippen molar-refractivity contribution in [3.63, 3.8) is 0 Å². The zero-order valence-corrected chi connectivity index (χ0v) is 17.2. The Labute approximate surface area is 169 Å². The normalized spacial score (nSPS) is 11.0. The largest absolute Gasteiger partial charge is 0.383 e. The fourth-order valence-electron chi connectivity index (χ4n) is 2.45. The lowest BCUT2D eigenvalue weighted by Gasteiger charge is -2.09. The minimum absolute atomic E-state index is 0.0827. The van der Waals surface area contributed by atoms with E-state index in [0.717, 1.165) is 26.3 Å². The van der Waals surface area contributed by atoms with Gasteiger partial charge in [0.25, 0.3) is 0 Å². The molecule has 0 atom stereocenters. The van der Waals surface area contributed by atoms with Crippen LogP contribution in [0.5, 0.6) is 0 Å². The predicted molar refractivity (Wildman–Crippen MR) is 110 cm³/mol. The van der Waals surface area contributed by atoms with Crippen LogP contribution in [0.25, 0.3) is 11.0 Å². The molecule has 3 rings (SSSR count). The molecule has 1 heterocycles. The van der Waals surface area contributed by atoms with Crippen LogP contribution in [0.3, 0.4) is 0 Å². The second-order valence-electron chi connectivity index (χ2n) is 5.52. The number of carbonyl (C=O) groups is 1. The Morgan fingerprint density at radius 2 is 2.08 bits per heavy atom. The molecule has 0 fully saturated rings. The lowest BCUT2D eigenvalue weighted by atomic mass is 10.3. The third kappa shape index (κ3) is 4.79. The van der Waals surface area contributed by atoms with Crippen LogP contribution in [0.15, 0.2) is 52.1 Å². The molecule has 8 heteroatoms. The molecule has 0 spiro atoms.